The summed E-state index contributed by atoms with van der Waals surface area (Å²) >= 11 is 0. The molecule has 0 radical (unpaired) electrons. The second-order valence-electron chi connectivity index (χ2n) is 4.64. The van der Waals surface area contributed by atoms with Crippen molar-refractivity contribution in [3.8, 4) is 11.5 Å². The molecule has 2 rings (SSSR count). The average molecular weight is 279 g/mol. The standard InChI is InChI=1S/C14H17NO5/c1-9(14(17)18)4-5-15-13(16)10-2-3-11-12(8-10)20-7-6-19-11/h2-3,8-9H,4-7H2,1H3,(H,15,16)(H,17,18). The third-order valence-electron chi connectivity index (χ3n) is 3.09. The molecule has 0 bridgehead atoms. The summed E-state index contributed by atoms with van der Waals surface area (Å²) in [5.74, 6) is -0.399. The van der Waals surface area contributed by atoms with Crippen molar-refractivity contribution in [1.29, 1.82) is 0 Å². The Morgan fingerprint density at radius 3 is 2.70 bits per heavy atom. The Hall–Kier alpha value is -2.24. The predicted molar refractivity (Wildman–Crippen MR) is 71.2 cm³/mol. The fourth-order valence-corrected chi connectivity index (χ4v) is 1.81. The summed E-state index contributed by atoms with van der Waals surface area (Å²) in [6.45, 7) is 2.90. The van der Waals surface area contributed by atoms with Crippen LogP contribution >= 0.6 is 0 Å². The molecule has 1 aromatic rings. The van der Waals surface area contributed by atoms with Crippen LogP contribution in [0.5, 0.6) is 11.5 Å². The fourth-order valence-electron chi connectivity index (χ4n) is 1.81. The molecule has 1 heterocycles. The number of hydrogen-bond donors (Lipinski definition) is 2. The SMILES string of the molecule is CC(CCNC(=O)c1ccc2c(c1)OCCO2)C(=O)O. The highest BCUT2D eigenvalue weighted by Crippen LogP contribution is 2.30. The predicted octanol–water partition coefficient (Wildman–Crippen LogP) is 1.30. The Morgan fingerprint density at radius 2 is 2.00 bits per heavy atom. The maximum atomic E-state index is 11.9. The van der Waals surface area contributed by atoms with Gasteiger partial charge in [-0.1, -0.05) is 6.92 Å². The topological polar surface area (TPSA) is 84.9 Å². The zero-order chi connectivity index (χ0) is 14.5. The van der Waals surface area contributed by atoms with Crippen LogP contribution in [-0.4, -0.2) is 36.7 Å². The van der Waals surface area contributed by atoms with E-state index in [2.05, 4.69) is 5.32 Å². The summed E-state index contributed by atoms with van der Waals surface area (Å²) in [5.41, 5.74) is 0.470. The van der Waals surface area contributed by atoms with Gasteiger partial charge in [0, 0.05) is 12.1 Å². The van der Waals surface area contributed by atoms with E-state index in [1.165, 1.54) is 0 Å². The number of nitrogens with one attached hydrogen (secondary N) is 1. The van der Waals surface area contributed by atoms with E-state index in [1.807, 2.05) is 0 Å². The molecule has 20 heavy (non-hydrogen) atoms. The first kappa shape index (κ1) is 14.2. The molecule has 1 aromatic carbocycles. The van der Waals surface area contributed by atoms with Crippen molar-refractivity contribution in [1.82, 2.24) is 5.32 Å². The number of hydrogen-bond acceptors (Lipinski definition) is 4. The van der Waals surface area contributed by atoms with Crippen LogP contribution in [-0.2, 0) is 4.79 Å². The lowest BCUT2D eigenvalue weighted by atomic mass is 10.1. The molecule has 1 aliphatic rings. The van der Waals surface area contributed by atoms with Crippen LogP contribution in [0.1, 0.15) is 23.7 Å². The molecule has 1 unspecified atom stereocenters. The van der Waals surface area contributed by atoms with E-state index in [-0.39, 0.29) is 5.91 Å². The Kier molecular flexibility index (Phi) is 4.45. The van der Waals surface area contributed by atoms with Gasteiger partial charge in [-0.25, -0.2) is 0 Å². The smallest absolute Gasteiger partial charge is 0.306 e. The second-order valence-corrected chi connectivity index (χ2v) is 4.64. The third-order valence-corrected chi connectivity index (χ3v) is 3.09. The molecule has 108 valence electrons. The molecule has 0 fully saturated rings. The molecule has 6 heteroatoms. The summed E-state index contributed by atoms with van der Waals surface area (Å²) in [4.78, 5) is 22.6. The Balaban J connectivity index is 1.91. The second kappa shape index (κ2) is 6.27. The summed E-state index contributed by atoms with van der Waals surface area (Å²) in [7, 11) is 0. The number of carbonyl (C=O) groups is 2. The van der Waals surface area contributed by atoms with Crippen molar-refractivity contribution in [2.24, 2.45) is 5.92 Å². The highest BCUT2D eigenvalue weighted by Gasteiger charge is 2.15. The number of carboxylic acids is 1. The number of carboxylic acid groups (broad SMARTS) is 1. The summed E-state index contributed by atoms with van der Waals surface area (Å²) in [6.07, 6.45) is 0.394. The maximum absolute atomic E-state index is 11.9. The maximum Gasteiger partial charge on any atom is 0.306 e. The first-order valence-electron chi connectivity index (χ1n) is 6.48. The monoisotopic (exact) mass is 279 g/mol. The minimum atomic E-state index is -0.862. The lowest BCUT2D eigenvalue weighted by Gasteiger charge is -2.18. The van der Waals surface area contributed by atoms with Crippen LogP contribution in [0, 0.1) is 5.92 Å². The van der Waals surface area contributed by atoms with Gasteiger partial charge in [-0.15, -0.1) is 0 Å². The van der Waals surface area contributed by atoms with E-state index < -0.39 is 11.9 Å². The van der Waals surface area contributed by atoms with Crippen molar-refractivity contribution in [2.75, 3.05) is 19.8 Å². The van der Waals surface area contributed by atoms with Gasteiger partial charge in [0.05, 0.1) is 5.92 Å². The number of benzene rings is 1. The lowest BCUT2D eigenvalue weighted by Crippen LogP contribution is -2.27. The van der Waals surface area contributed by atoms with E-state index in [1.54, 1.807) is 25.1 Å². The van der Waals surface area contributed by atoms with Crippen LogP contribution in [0.3, 0.4) is 0 Å². The van der Waals surface area contributed by atoms with E-state index in [4.69, 9.17) is 14.6 Å². The quantitative estimate of drug-likeness (QED) is 0.848. The van der Waals surface area contributed by atoms with E-state index in [0.717, 1.165) is 0 Å². The number of aliphatic carboxylic acids is 1. The summed E-state index contributed by atoms with van der Waals surface area (Å²) in [6, 6.07) is 4.98. The van der Waals surface area contributed by atoms with Gasteiger partial charge in [0.2, 0.25) is 0 Å². The van der Waals surface area contributed by atoms with Gasteiger partial charge in [0.25, 0.3) is 5.91 Å². The Bertz CT molecular complexity index is 514. The number of fused-ring (bicyclic) bond motifs is 1. The Morgan fingerprint density at radius 1 is 1.30 bits per heavy atom. The highest BCUT2D eigenvalue weighted by atomic mass is 16.6. The minimum absolute atomic E-state index is 0.250. The van der Waals surface area contributed by atoms with Crippen LogP contribution in [0.2, 0.25) is 0 Å². The normalized spacial score (nSPS) is 14.4. The number of ether oxygens (including phenoxy) is 2. The van der Waals surface area contributed by atoms with Gasteiger partial charge in [0.1, 0.15) is 13.2 Å². The molecule has 0 saturated heterocycles. The van der Waals surface area contributed by atoms with Crippen LogP contribution in [0.25, 0.3) is 0 Å². The van der Waals surface area contributed by atoms with Crippen LogP contribution in [0.15, 0.2) is 18.2 Å². The van der Waals surface area contributed by atoms with Gasteiger partial charge >= 0.3 is 5.97 Å². The molecule has 6 nitrogen and oxygen atoms in total. The van der Waals surface area contributed by atoms with E-state index >= 15 is 0 Å². The molecule has 0 aliphatic carbocycles. The first-order valence-corrected chi connectivity index (χ1v) is 6.48. The van der Waals surface area contributed by atoms with Gasteiger partial charge < -0.3 is 19.9 Å². The Labute approximate surface area is 116 Å². The van der Waals surface area contributed by atoms with Crippen molar-refractivity contribution in [3.63, 3.8) is 0 Å². The van der Waals surface area contributed by atoms with E-state index in [9.17, 15) is 9.59 Å². The molecule has 2 N–H and O–H groups in total. The zero-order valence-electron chi connectivity index (χ0n) is 11.2. The molecule has 1 aliphatic heterocycles. The van der Waals surface area contributed by atoms with E-state index in [0.29, 0.717) is 43.2 Å². The average Bonchev–Trinajstić information content (AvgIpc) is 2.46. The minimum Gasteiger partial charge on any atom is -0.486 e. The van der Waals surface area contributed by atoms with Gasteiger partial charge in [0.15, 0.2) is 11.5 Å². The number of rotatable bonds is 5. The molecule has 0 spiro atoms. The fraction of sp³-hybridized carbons (Fsp3) is 0.429. The molecule has 1 atom stereocenters. The third kappa shape index (κ3) is 3.40. The van der Waals surface area contributed by atoms with Crippen molar-refractivity contribution >= 4 is 11.9 Å². The molecule has 0 aromatic heterocycles. The number of carbonyl (C=O) groups excluding carboxylic acids is 1. The van der Waals surface area contributed by atoms with Crippen molar-refractivity contribution < 1.29 is 24.2 Å². The van der Waals surface area contributed by atoms with Gasteiger partial charge in [-0.2, -0.15) is 0 Å². The van der Waals surface area contributed by atoms with Gasteiger partial charge in [-0.3, -0.25) is 9.59 Å². The van der Waals surface area contributed by atoms with Crippen molar-refractivity contribution in [3.05, 3.63) is 23.8 Å². The largest absolute Gasteiger partial charge is 0.486 e. The van der Waals surface area contributed by atoms with Crippen LogP contribution in [0.4, 0.5) is 0 Å². The first-order chi connectivity index (χ1) is 9.58. The lowest BCUT2D eigenvalue weighted by molar-refractivity contribution is -0.141. The highest BCUT2D eigenvalue weighted by molar-refractivity contribution is 5.94. The van der Waals surface area contributed by atoms with Gasteiger partial charge in [-0.05, 0) is 24.6 Å². The number of amides is 1. The van der Waals surface area contributed by atoms with Crippen molar-refractivity contribution in [2.45, 2.75) is 13.3 Å². The molecular weight excluding hydrogens is 262 g/mol. The molecular formula is C14H17NO5. The summed E-state index contributed by atoms with van der Waals surface area (Å²) < 4.78 is 10.8. The van der Waals surface area contributed by atoms with Crippen LogP contribution < -0.4 is 14.8 Å². The molecule has 0 saturated carbocycles. The molecule has 1 amide bonds. The zero-order valence-corrected chi connectivity index (χ0v) is 11.2. The summed E-state index contributed by atoms with van der Waals surface area (Å²) in [5, 5.41) is 11.4.